The van der Waals surface area contributed by atoms with Crippen molar-refractivity contribution in [3.8, 4) is 0 Å². The molecule has 0 unspecified atom stereocenters. The first-order chi connectivity index (χ1) is 9.35. The quantitative estimate of drug-likeness (QED) is 0.911. The highest BCUT2D eigenvalue weighted by Crippen LogP contribution is 2.20. The fraction of sp³-hybridized carbons (Fsp3) is 0.375. The van der Waals surface area contributed by atoms with Crippen molar-refractivity contribution in [1.82, 2.24) is 10.2 Å². The number of nitrogens with zero attached hydrogens (tertiary/aromatic N) is 1. The summed E-state index contributed by atoms with van der Waals surface area (Å²) >= 11 is 0. The van der Waals surface area contributed by atoms with Gasteiger partial charge in [0.2, 0.25) is 0 Å². The van der Waals surface area contributed by atoms with Gasteiger partial charge in [-0.25, -0.2) is 0 Å². The van der Waals surface area contributed by atoms with Crippen LogP contribution in [0.4, 0.5) is 0 Å². The maximum atomic E-state index is 5.81. The zero-order chi connectivity index (χ0) is 13.1. The first kappa shape index (κ1) is 12.5. The number of hydrogen-bond donors (Lipinski definition) is 1. The van der Waals surface area contributed by atoms with Crippen LogP contribution in [-0.4, -0.2) is 18.5 Å². The molecule has 0 fully saturated rings. The second kappa shape index (κ2) is 5.59. The molecule has 1 aromatic carbocycles. The van der Waals surface area contributed by atoms with Crippen LogP contribution in [0.15, 0.2) is 40.8 Å². The summed E-state index contributed by atoms with van der Waals surface area (Å²) in [7, 11) is 1.93. The van der Waals surface area contributed by atoms with Gasteiger partial charge in [0.15, 0.2) is 0 Å². The minimum atomic E-state index is 0.794. The van der Waals surface area contributed by atoms with Crippen LogP contribution < -0.4 is 5.32 Å². The van der Waals surface area contributed by atoms with Gasteiger partial charge in [-0.1, -0.05) is 24.3 Å². The SMILES string of the molecule is CNCc1ccc(CN2CCc3ccccc3C2)o1. The molecule has 0 spiro atoms. The molecule has 0 amide bonds. The summed E-state index contributed by atoms with van der Waals surface area (Å²) in [5, 5.41) is 3.11. The van der Waals surface area contributed by atoms with Gasteiger partial charge in [-0.15, -0.1) is 0 Å². The van der Waals surface area contributed by atoms with Gasteiger partial charge in [0.1, 0.15) is 11.5 Å². The molecule has 0 atom stereocenters. The van der Waals surface area contributed by atoms with E-state index in [0.717, 1.165) is 44.1 Å². The summed E-state index contributed by atoms with van der Waals surface area (Å²) in [4.78, 5) is 2.45. The van der Waals surface area contributed by atoms with Crippen molar-refractivity contribution in [3.63, 3.8) is 0 Å². The molecule has 2 heterocycles. The van der Waals surface area contributed by atoms with E-state index >= 15 is 0 Å². The predicted molar refractivity (Wildman–Crippen MR) is 75.7 cm³/mol. The van der Waals surface area contributed by atoms with E-state index in [4.69, 9.17) is 4.42 Å². The zero-order valence-corrected chi connectivity index (χ0v) is 11.4. The molecule has 0 aliphatic carbocycles. The summed E-state index contributed by atoms with van der Waals surface area (Å²) < 4.78 is 5.81. The lowest BCUT2D eigenvalue weighted by molar-refractivity contribution is 0.223. The van der Waals surface area contributed by atoms with E-state index in [0.29, 0.717) is 0 Å². The minimum Gasteiger partial charge on any atom is -0.463 e. The smallest absolute Gasteiger partial charge is 0.118 e. The fourth-order valence-electron chi connectivity index (χ4n) is 2.69. The molecule has 100 valence electrons. The molecular weight excluding hydrogens is 236 g/mol. The summed E-state index contributed by atoms with van der Waals surface area (Å²) in [6.45, 7) is 3.83. The average Bonchev–Trinajstić information content (AvgIpc) is 2.86. The maximum Gasteiger partial charge on any atom is 0.118 e. The molecule has 1 aromatic heterocycles. The summed E-state index contributed by atoms with van der Waals surface area (Å²) in [6.07, 6.45) is 1.14. The van der Waals surface area contributed by atoms with Crippen molar-refractivity contribution in [2.75, 3.05) is 13.6 Å². The number of furan rings is 1. The first-order valence-corrected chi connectivity index (χ1v) is 6.86. The van der Waals surface area contributed by atoms with Gasteiger partial charge >= 0.3 is 0 Å². The normalized spacial score (nSPS) is 15.4. The van der Waals surface area contributed by atoms with Crippen molar-refractivity contribution < 1.29 is 4.42 Å². The van der Waals surface area contributed by atoms with Crippen LogP contribution in [0.3, 0.4) is 0 Å². The topological polar surface area (TPSA) is 28.4 Å². The average molecular weight is 256 g/mol. The Balaban J connectivity index is 1.65. The van der Waals surface area contributed by atoms with Crippen LogP contribution in [0.1, 0.15) is 22.6 Å². The van der Waals surface area contributed by atoms with Crippen LogP contribution >= 0.6 is 0 Å². The number of hydrogen-bond acceptors (Lipinski definition) is 3. The highest BCUT2D eigenvalue weighted by atomic mass is 16.3. The molecule has 0 radical (unpaired) electrons. The van der Waals surface area contributed by atoms with Crippen LogP contribution in [0, 0.1) is 0 Å². The lowest BCUT2D eigenvalue weighted by Gasteiger charge is -2.27. The van der Waals surface area contributed by atoms with E-state index in [1.807, 2.05) is 7.05 Å². The van der Waals surface area contributed by atoms with E-state index in [2.05, 4.69) is 46.6 Å². The minimum absolute atomic E-state index is 0.794. The lowest BCUT2D eigenvalue weighted by Crippen LogP contribution is -2.29. The summed E-state index contributed by atoms with van der Waals surface area (Å²) in [6, 6.07) is 12.9. The Labute approximate surface area is 114 Å². The van der Waals surface area contributed by atoms with E-state index in [-0.39, 0.29) is 0 Å². The number of nitrogens with one attached hydrogen (secondary N) is 1. The zero-order valence-electron chi connectivity index (χ0n) is 11.4. The Morgan fingerprint density at radius 1 is 1.11 bits per heavy atom. The standard InChI is InChI=1S/C16H20N2O/c1-17-10-15-6-7-16(19-15)12-18-9-8-13-4-2-3-5-14(13)11-18/h2-7,17H,8-12H2,1H3. The summed E-state index contributed by atoms with van der Waals surface area (Å²) in [5.41, 5.74) is 2.95. The molecule has 0 saturated carbocycles. The molecule has 3 rings (SSSR count). The second-order valence-corrected chi connectivity index (χ2v) is 5.13. The Morgan fingerprint density at radius 2 is 1.89 bits per heavy atom. The third kappa shape index (κ3) is 2.88. The van der Waals surface area contributed by atoms with Gasteiger partial charge in [0.05, 0.1) is 13.1 Å². The van der Waals surface area contributed by atoms with Gasteiger partial charge in [0.25, 0.3) is 0 Å². The molecule has 0 saturated heterocycles. The summed E-state index contributed by atoms with van der Waals surface area (Å²) in [5.74, 6) is 2.07. The van der Waals surface area contributed by atoms with Gasteiger partial charge in [-0.3, -0.25) is 4.90 Å². The Morgan fingerprint density at radius 3 is 2.74 bits per heavy atom. The third-order valence-electron chi connectivity index (χ3n) is 3.66. The molecule has 0 bridgehead atoms. The van der Waals surface area contributed by atoms with Gasteiger partial charge in [0, 0.05) is 13.1 Å². The number of fused-ring (bicyclic) bond motifs is 1. The van der Waals surface area contributed by atoms with Gasteiger partial charge in [-0.2, -0.15) is 0 Å². The Hall–Kier alpha value is -1.58. The first-order valence-electron chi connectivity index (χ1n) is 6.86. The highest BCUT2D eigenvalue weighted by Gasteiger charge is 2.16. The molecule has 1 N–H and O–H groups in total. The Kier molecular flexibility index (Phi) is 3.67. The van der Waals surface area contributed by atoms with Crippen molar-refractivity contribution in [2.24, 2.45) is 0 Å². The van der Waals surface area contributed by atoms with E-state index in [9.17, 15) is 0 Å². The van der Waals surface area contributed by atoms with Crippen molar-refractivity contribution in [3.05, 3.63) is 59.0 Å². The van der Waals surface area contributed by atoms with E-state index in [1.54, 1.807) is 0 Å². The van der Waals surface area contributed by atoms with Gasteiger partial charge in [-0.05, 0) is 36.7 Å². The van der Waals surface area contributed by atoms with Crippen LogP contribution in [0.2, 0.25) is 0 Å². The molecule has 3 nitrogen and oxygen atoms in total. The third-order valence-corrected chi connectivity index (χ3v) is 3.66. The largest absolute Gasteiger partial charge is 0.463 e. The Bertz CT molecular complexity index is 547. The van der Waals surface area contributed by atoms with Gasteiger partial charge < -0.3 is 9.73 Å². The lowest BCUT2D eigenvalue weighted by atomic mass is 10.00. The van der Waals surface area contributed by atoms with E-state index < -0.39 is 0 Å². The fourth-order valence-corrected chi connectivity index (χ4v) is 2.69. The molecular formula is C16H20N2O. The van der Waals surface area contributed by atoms with E-state index in [1.165, 1.54) is 11.1 Å². The predicted octanol–water partition coefficient (Wildman–Crippen LogP) is 2.56. The molecule has 2 aromatic rings. The highest BCUT2D eigenvalue weighted by molar-refractivity contribution is 5.29. The van der Waals surface area contributed by atoms with Crippen molar-refractivity contribution in [2.45, 2.75) is 26.1 Å². The van der Waals surface area contributed by atoms with Crippen LogP contribution in [0.25, 0.3) is 0 Å². The second-order valence-electron chi connectivity index (χ2n) is 5.13. The number of rotatable bonds is 4. The molecule has 19 heavy (non-hydrogen) atoms. The molecule has 1 aliphatic heterocycles. The molecule has 3 heteroatoms. The maximum absolute atomic E-state index is 5.81. The van der Waals surface area contributed by atoms with Crippen molar-refractivity contribution in [1.29, 1.82) is 0 Å². The van der Waals surface area contributed by atoms with Crippen LogP contribution in [-0.2, 0) is 26.1 Å². The van der Waals surface area contributed by atoms with Crippen LogP contribution in [0.5, 0.6) is 0 Å². The molecule has 1 aliphatic rings. The monoisotopic (exact) mass is 256 g/mol. The van der Waals surface area contributed by atoms with Crippen molar-refractivity contribution >= 4 is 0 Å². The number of benzene rings is 1.